The van der Waals surface area contributed by atoms with E-state index in [9.17, 15) is 0 Å². The van der Waals surface area contributed by atoms with Crippen molar-refractivity contribution in [3.63, 3.8) is 0 Å². The average molecular weight is 1870 g/mol. The molecule has 0 atom stereocenters. The van der Waals surface area contributed by atoms with Gasteiger partial charge in [0, 0.05) is 96.0 Å². The molecule has 0 fully saturated rings. The molecule has 0 saturated heterocycles. The zero-order valence-electron chi connectivity index (χ0n) is 75.6. The van der Waals surface area contributed by atoms with Gasteiger partial charge in [-0.15, -0.1) is 45.3 Å². The van der Waals surface area contributed by atoms with Crippen molar-refractivity contribution in [1.29, 1.82) is 0 Å². The van der Waals surface area contributed by atoms with Crippen LogP contribution in [0.25, 0.3) is 239 Å². The van der Waals surface area contributed by atoms with Crippen LogP contribution < -0.4 is 0 Å². The van der Waals surface area contributed by atoms with Crippen LogP contribution in [0.1, 0.15) is 0 Å². The summed E-state index contributed by atoms with van der Waals surface area (Å²) in [5, 5.41) is 9.53. The highest BCUT2D eigenvalue weighted by Gasteiger charge is 2.29. The fourth-order valence-electron chi connectivity index (χ4n) is 18.7. The molecular formula is C128H84N4O4S4. The number of benzene rings is 18. The van der Waals surface area contributed by atoms with Crippen molar-refractivity contribution in [2.45, 2.75) is 0 Å². The van der Waals surface area contributed by atoms with Gasteiger partial charge in [-0.25, -0.2) is 19.9 Å². The third kappa shape index (κ3) is 17.4. The molecule has 0 bridgehead atoms. The van der Waals surface area contributed by atoms with E-state index in [4.69, 9.17) is 22.7 Å². The lowest BCUT2D eigenvalue weighted by molar-refractivity contribution is 0.573. The Kier molecular flexibility index (Phi) is 24.7. The molecule has 0 aliphatic heterocycles. The van der Waals surface area contributed by atoms with E-state index >= 15 is 0 Å². The summed E-state index contributed by atoms with van der Waals surface area (Å²) in [4.78, 5) is 27.4. The first-order valence-corrected chi connectivity index (χ1v) is 49.6. The minimum absolute atomic E-state index is 0.634. The maximum atomic E-state index is 6.34. The van der Waals surface area contributed by atoms with Crippen LogP contribution >= 0.6 is 45.3 Å². The van der Waals surface area contributed by atoms with Crippen LogP contribution in [0.5, 0.6) is 0 Å². The third-order valence-electron chi connectivity index (χ3n) is 25.1. The summed E-state index contributed by atoms with van der Waals surface area (Å²) in [6.45, 7) is 0. The van der Waals surface area contributed by atoms with Gasteiger partial charge in [-0.1, -0.05) is 461 Å². The van der Waals surface area contributed by atoms with Crippen molar-refractivity contribution in [3.05, 3.63) is 511 Å². The summed E-state index contributed by atoms with van der Waals surface area (Å²) in [6.07, 6.45) is 10.2. The van der Waals surface area contributed by atoms with Gasteiger partial charge in [-0.05, 0) is 101 Å². The average Bonchev–Trinajstić information content (AvgIpc) is 1.60. The van der Waals surface area contributed by atoms with Crippen LogP contribution in [-0.2, 0) is 0 Å². The lowest BCUT2D eigenvalue weighted by Gasteiger charge is -2.15. The van der Waals surface area contributed by atoms with E-state index in [2.05, 4.69) is 440 Å². The topological polar surface area (TPSA) is 104 Å². The Labute approximate surface area is 826 Å². The Morgan fingerprint density at radius 1 is 0.186 bits per heavy atom. The first kappa shape index (κ1) is 86.7. The second kappa shape index (κ2) is 39.9. The molecule has 12 heteroatoms. The van der Waals surface area contributed by atoms with E-state index in [0.29, 0.717) is 17.7 Å². The Balaban J connectivity index is 0.000000104. The van der Waals surface area contributed by atoms with Gasteiger partial charge < -0.3 is 17.7 Å². The minimum Gasteiger partial charge on any atom is -0.444 e. The molecule has 0 unspecified atom stereocenters. The number of hydrogen-bond acceptors (Lipinski definition) is 12. The molecule has 140 heavy (non-hydrogen) atoms. The third-order valence-corrected chi connectivity index (χ3v) is 30.1. The van der Waals surface area contributed by atoms with E-state index < -0.39 is 0 Å². The van der Waals surface area contributed by atoms with Gasteiger partial charge in [-0.3, -0.25) is 0 Å². The summed E-state index contributed by atoms with van der Waals surface area (Å²) in [7, 11) is 0. The largest absolute Gasteiger partial charge is 0.444 e. The van der Waals surface area contributed by atoms with E-state index in [1.54, 1.807) is 70.3 Å². The molecule has 0 aliphatic rings. The summed E-state index contributed by atoms with van der Waals surface area (Å²) in [6, 6.07) is 166. The molecule has 26 aromatic rings. The van der Waals surface area contributed by atoms with Crippen LogP contribution in [0, 0.1) is 0 Å². The molecule has 8 heterocycles. The maximum absolute atomic E-state index is 6.34. The first-order chi connectivity index (χ1) is 69.5. The second-order valence-electron chi connectivity index (χ2n) is 33.6. The predicted octanol–water partition coefficient (Wildman–Crippen LogP) is 37.6. The number of nitrogens with zero attached hydrogens (tertiary/aromatic N) is 4. The number of rotatable bonds is 18. The second-order valence-corrected chi connectivity index (χ2v) is 37.6. The Hall–Kier alpha value is -17.4. The van der Waals surface area contributed by atoms with E-state index in [0.717, 1.165) is 58.6 Å². The molecule has 0 N–H and O–H groups in total. The molecule has 26 rings (SSSR count). The van der Waals surface area contributed by atoms with Crippen molar-refractivity contribution < 1.29 is 17.7 Å². The predicted molar refractivity (Wildman–Crippen MR) is 585 cm³/mol. The fourth-order valence-corrected chi connectivity index (χ4v) is 23.9. The van der Waals surface area contributed by atoms with Crippen LogP contribution in [0.3, 0.4) is 0 Å². The van der Waals surface area contributed by atoms with Crippen molar-refractivity contribution >= 4 is 88.4 Å². The van der Waals surface area contributed by atoms with Gasteiger partial charge in [0.25, 0.3) is 0 Å². The molecule has 8 aromatic heterocycles. The van der Waals surface area contributed by atoms with Gasteiger partial charge in [0.05, 0.1) is 38.1 Å². The molecule has 0 aliphatic carbocycles. The van der Waals surface area contributed by atoms with Gasteiger partial charge in [-0.2, -0.15) is 0 Å². The van der Waals surface area contributed by atoms with Gasteiger partial charge in [0.2, 0.25) is 17.7 Å². The molecule has 18 aromatic carbocycles. The monoisotopic (exact) mass is 1870 g/mol. The van der Waals surface area contributed by atoms with Crippen molar-refractivity contribution in [2.75, 3.05) is 0 Å². The lowest BCUT2D eigenvalue weighted by Crippen LogP contribution is -1.89. The zero-order chi connectivity index (χ0) is 93.3. The molecule has 0 amide bonds. The molecular weight excluding hydrogens is 1790 g/mol. The smallest absolute Gasteiger partial charge is 0.237 e. The van der Waals surface area contributed by atoms with Crippen LogP contribution in [-0.4, -0.2) is 19.9 Å². The number of thiophene rings is 4. The summed E-state index contributed by atoms with van der Waals surface area (Å²) in [5.74, 6) is 3.53. The normalized spacial score (nSPS) is 11.1. The summed E-state index contributed by atoms with van der Waals surface area (Å²) in [5.41, 5.74) is 27.2. The molecule has 664 valence electrons. The van der Waals surface area contributed by atoms with E-state index in [1.807, 2.05) is 54.7 Å². The van der Waals surface area contributed by atoms with E-state index in [1.165, 1.54) is 169 Å². The van der Waals surface area contributed by atoms with Crippen molar-refractivity contribution in [1.82, 2.24) is 19.9 Å². The minimum atomic E-state index is 0.634. The van der Waals surface area contributed by atoms with Gasteiger partial charge in [0.1, 0.15) is 18.2 Å². The zero-order valence-corrected chi connectivity index (χ0v) is 78.8. The fraction of sp³-hybridized carbons (Fsp3) is 0. The standard InChI is InChI=1S/2C35H23NOS.2C29H19NOS/c1-4-13-24(14-5-1)27-21-12-22-28(25-15-6-2-7-16-25)32(27)34-30-20-11-10-19-29(30)33(38-34)31-23-36-35(37-31)26-17-8-3-9-18-26;1-4-13-24(14-5-1)27-21-12-22-28(25-15-6-2-7-16-25)32(27)33-29-19-10-11-20-30(29)34(38-33)35-36-31(23-37-35)26-17-8-3-9-18-26;1-3-10-20(11-4-1)22-16-9-17-23(21-12-5-2-6-13-21)27(22)29-25-15-8-7-14-24(25)28(32-29)26-18-30-19-31-26;1-3-10-20(11-4-1)22-16-9-17-23(21-12-5-2-6-13-21)26(22)27-24-14-7-8-15-25(24)28(32-27)29-30-18-19-31-29/h2*1-23H;2*1-19H. The highest BCUT2D eigenvalue weighted by molar-refractivity contribution is 7.22. The van der Waals surface area contributed by atoms with Crippen LogP contribution in [0.2, 0.25) is 0 Å². The summed E-state index contributed by atoms with van der Waals surface area (Å²) < 4.78 is 23.8. The quantitative estimate of drug-likeness (QED) is 0.0837. The Morgan fingerprint density at radius 3 is 0.729 bits per heavy atom. The lowest BCUT2D eigenvalue weighted by atomic mass is 9.90. The van der Waals surface area contributed by atoms with Gasteiger partial charge in [0.15, 0.2) is 17.9 Å². The number of aromatic nitrogens is 4. The Bertz CT molecular complexity index is 8000. The first-order valence-electron chi connectivity index (χ1n) is 46.4. The van der Waals surface area contributed by atoms with E-state index in [-0.39, 0.29) is 0 Å². The van der Waals surface area contributed by atoms with Crippen LogP contribution in [0.4, 0.5) is 0 Å². The molecule has 0 saturated carbocycles. The number of fused-ring (bicyclic) bond motifs is 4. The molecule has 8 nitrogen and oxygen atoms in total. The SMILES string of the molecule is c1ccc(-c2cccc(-c3ccccc3)c2-c2sc(-c3cnco3)c3ccccc23)cc1.c1ccc(-c2cccc(-c3ccccc3)c2-c2sc(-c3ncco3)c3ccccc23)cc1.c1ccc(-c2coc(-c3sc(-c4c(-c5ccccc5)cccc4-c4ccccc4)c4ccccc34)n2)cc1.c1ccc(-c2ncc(-c3sc(-c4c(-c5ccccc5)cccc4-c4ccccc4)c4ccccc34)o2)cc1. The van der Waals surface area contributed by atoms with Crippen LogP contribution in [0.15, 0.2) is 528 Å². The molecule has 0 radical (unpaired) electrons. The number of oxazole rings is 4. The number of hydrogen-bond donors (Lipinski definition) is 0. The highest BCUT2D eigenvalue weighted by atomic mass is 32.1. The van der Waals surface area contributed by atoms with Crippen molar-refractivity contribution in [2.24, 2.45) is 0 Å². The van der Waals surface area contributed by atoms with Gasteiger partial charge >= 0.3 is 0 Å². The molecule has 0 spiro atoms. The Morgan fingerprint density at radius 2 is 0.443 bits per heavy atom. The van der Waals surface area contributed by atoms with Crippen molar-refractivity contribution in [3.8, 4) is 196 Å². The summed E-state index contributed by atoms with van der Waals surface area (Å²) >= 11 is 7.03. The maximum Gasteiger partial charge on any atom is 0.237 e. The highest BCUT2D eigenvalue weighted by Crippen LogP contribution is 2.56.